The van der Waals surface area contributed by atoms with Crippen LogP contribution in [0.15, 0.2) is 11.6 Å². The van der Waals surface area contributed by atoms with Crippen molar-refractivity contribution in [2.75, 3.05) is 13.2 Å². The molecule has 2 N–H and O–H groups in total. The van der Waals surface area contributed by atoms with E-state index in [0.29, 0.717) is 10.6 Å². The topological polar surface area (TPSA) is 107 Å². The van der Waals surface area contributed by atoms with Crippen molar-refractivity contribution in [1.29, 1.82) is 0 Å². The van der Waals surface area contributed by atoms with Gasteiger partial charge >= 0.3 is 46.0 Å². The molecule has 2 amide bonds. The Labute approximate surface area is 128 Å². The molecule has 0 saturated carbocycles. The second-order valence-electron chi connectivity index (χ2n) is 3.94. The molecular formula is C8H13N2NaO6S. The Hall–Kier alpha value is -0.160. The summed E-state index contributed by atoms with van der Waals surface area (Å²) in [5, 5.41) is 9.71. The molecule has 0 radical (unpaired) electrons. The third-order valence-electron chi connectivity index (χ3n) is 2.83. The first-order valence-electron chi connectivity index (χ1n) is 4.89. The predicted octanol–water partition coefficient (Wildman–Crippen LogP) is -3.74. The molecule has 2 bridgehead atoms. The zero-order valence-electron chi connectivity index (χ0n) is 11.0. The molecule has 1 saturated heterocycles. The molecule has 2 aliphatic rings. The number of urea groups is 1. The zero-order chi connectivity index (χ0) is 12.8. The Morgan fingerprint density at radius 1 is 1.61 bits per heavy atom. The minimum Gasteiger partial charge on any atom is -1.00 e. The summed E-state index contributed by atoms with van der Waals surface area (Å²) >= 11 is 0. The maximum absolute atomic E-state index is 11.8. The SMILES string of the molecule is CC1=C[C@@H](CO)N2C[C@@H]1N(OS(=O)(=O)O)C2=O.[H-].[Na+]. The first-order chi connectivity index (χ1) is 7.83. The summed E-state index contributed by atoms with van der Waals surface area (Å²) in [4.78, 5) is 13.1. The first kappa shape index (κ1) is 15.9. The van der Waals surface area contributed by atoms with Crippen LogP contribution in [-0.4, -0.2) is 59.3 Å². The Balaban J connectivity index is 0.00000162. The number of fused-ring (bicyclic) bond motifs is 2. The van der Waals surface area contributed by atoms with Crippen molar-refractivity contribution in [3.63, 3.8) is 0 Å². The van der Waals surface area contributed by atoms with E-state index in [1.807, 2.05) is 0 Å². The van der Waals surface area contributed by atoms with Gasteiger partial charge in [-0.3, -0.25) is 4.55 Å². The van der Waals surface area contributed by atoms with E-state index >= 15 is 0 Å². The predicted molar refractivity (Wildman–Crippen MR) is 56.1 cm³/mol. The van der Waals surface area contributed by atoms with E-state index in [2.05, 4.69) is 4.28 Å². The molecule has 1 fully saturated rings. The second kappa shape index (κ2) is 5.45. The van der Waals surface area contributed by atoms with Crippen LogP contribution in [0.4, 0.5) is 4.79 Å². The number of amides is 2. The normalized spacial score (nSPS) is 27.1. The van der Waals surface area contributed by atoms with Crippen LogP contribution < -0.4 is 29.6 Å². The van der Waals surface area contributed by atoms with Crippen LogP contribution in [0.25, 0.3) is 0 Å². The van der Waals surface area contributed by atoms with E-state index < -0.39 is 28.5 Å². The van der Waals surface area contributed by atoms with Gasteiger partial charge in [-0.1, -0.05) is 6.08 Å². The number of hydroxylamine groups is 2. The number of hydrogen-bond acceptors (Lipinski definition) is 5. The Morgan fingerprint density at radius 3 is 2.72 bits per heavy atom. The molecule has 10 heteroatoms. The van der Waals surface area contributed by atoms with Gasteiger partial charge < -0.3 is 11.4 Å². The largest absolute Gasteiger partial charge is 1.00 e. The van der Waals surface area contributed by atoms with Gasteiger partial charge in [-0.05, 0) is 12.5 Å². The van der Waals surface area contributed by atoms with Gasteiger partial charge in [-0.2, -0.15) is 13.5 Å². The summed E-state index contributed by atoms with van der Waals surface area (Å²) in [7, 11) is -4.74. The number of carbonyl (C=O) groups excluding carboxylic acids is 1. The smallest absolute Gasteiger partial charge is 1.00 e. The summed E-state index contributed by atoms with van der Waals surface area (Å²) in [5.41, 5.74) is 0.704. The van der Waals surface area contributed by atoms with E-state index in [1.54, 1.807) is 13.0 Å². The molecule has 8 nitrogen and oxygen atoms in total. The average Bonchev–Trinajstić information content (AvgIpc) is 2.48. The third-order valence-corrected chi connectivity index (χ3v) is 3.18. The fraction of sp³-hybridized carbons (Fsp3) is 0.625. The third kappa shape index (κ3) is 2.87. The molecule has 0 aromatic carbocycles. The second-order valence-corrected chi connectivity index (χ2v) is 4.94. The van der Waals surface area contributed by atoms with Crippen LogP contribution in [0, 0.1) is 0 Å². The molecule has 0 spiro atoms. The first-order valence-corrected chi connectivity index (χ1v) is 6.26. The average molecular weight is 288 g/mol. The number of aliphatic hydroxyl groups excluding tert-OH is 1. The van der Waals surface area contributed by atoms with Gasteiger partial charge in [-0.25, -0.2) is 4.79 Å². The standard InChI is InChI=1S/C8H12N2O6S.Na.H/c1-5-2-6(4-11)9-3-7(5)10(8(9)12)16-17(13,14)15;;/h2,6-7,11H,3-4H2,1H3,(H,13,14,15);;/q;+1;-1/t6-,7-;;/m0../s1. The van der Waals surface area contributed by atoms with Crippen LogP contribution in [0.1, 0.15) is 8.35 Å². The molecule has 0 unspecified atom stereocenters. The summed E-state index contributed by atoms with van der Waals surface area (Å²) in [6, 6.07) is -1.75. The van der Waals surface area contributed by atoms with Crippen LogP contribution in [0.3, 0.4) is 0 Å². The molecule has 2 aliphatic heterocycles. The van der Waals surface area contributed by atoms with Gasteiger partial charge in [0.15, 0.2) is 0 Å². The van der Waals surface area contributed by atoms with Gasteiger partial charge in [0.05, 0.1) is 19.2 Å². The van der Waals surface area contributed by atoms with E-state index in [9.17, 15) is 13.2 Å². The van der Waals surface area contributed by atoms with E-state index in [-0.39, 0.29) is 44.1 Å². The summed E-state index contributed by atoms with van der Waals surface area (Å²) in [6.07, 6.45) is 1.67. The number of aliphatic hydroxyl groups is 1. The van der Waals surface area contributed by atoms with Gasteiger partial charge in [-0.15, -0.1) is 4.28 Å². The van der Waals surface area contributed by atoms with Gasteiger partial charge in [0, 0.05) is 0 Å². The van der Waals surface area contributed by atoms with Crippen molar-refractivity contribution in [3.05, 3.63) is 11.6 Å². The number of hydrogen-bond donors (Lipinski definition) is 2. The molecule has 18 heavy (non-hydrogen) atoms. The zero-order valence-corrected chi connectivity index (χ0v) is 12.8. The van der Waals surface area contributed by atoms with Crippen LogP contribution in [-0.2, 0) is 14.7 Å². The maximum Gasteiger partial charge on any atom is 1.00 e. The van der Waals surface area contributed by atoms with Crippen molar-refractivity contribution in [2.24, 2.45) is 0 Å². The summed E-state index contributed by atoms with van der Waals surface area (Å²) in [6.45, 7) is 1.67. The maximum atomic E-state index is 11.8. The Bertz CT molecular complexity index is 484. The summed E-state index contributed by atoms with van der Waals surface area (Å²) < 4.78 is 34.1. The van der Waals surface area contributed by atoms with E-state index in [4.69, 9.17) is 9.66 Å². The van der Waals surface area contributed by atoms with Crippen LogP contribution in [0.5, 0.6) is 0 Å². The molecule has 2 atom stereocenters. The van der Waals surface area contributed by atoms with Crippen molar-refractivity contribution in [3.8, 4) is 0 Å². The molecule has 2 rings (SSSR count). The van der Waals surface area contributed by atoms with Gasteiger partial charge in [0.1, 0.15) is 6.04 Å². The molecule has 0 aromatic heterocycles. The van der Waals surface area contributed by atoms with Gasteiger partial charge in [0.2, 0.25) is 0 Å². The van der Waals surface area contributed by atoms with E-state index in [0.717, 1.165) is 0 Å². The molecule has 2 heterocycles. The van der Waals surface area contributed by atoms with E-state index in [1.165, 1.54) is 4.90 Å². The number of rotatable bonds is 3. The number of carbonyl (C=O) groups is 1. The van der Waals surface area contributed by atoms with Crippen molar-refractivity contribution >= 4 is 16.4 Å². The minimum absolute atomic E-state index is 0. The van der Waals surface area contributed by atoms with Gasteiger partial charge in [0.25, 0.3) is 0 Å². The summed E-state index contributed by atoms with van der Waals surface area (Å²) in [5.74, 6) is 0. The van der Waals surface area contributed by atoms with Crippen LogP contribution >= 0.6 is 0 Å². The van der Waals surface area contributed by atoms with Crippen LogP contribution in [0.2, 0.25) is 0 Å². The number of nitrogens with zero attached hydrogens (tertiary/aromatic N) is 2. The Morgan fingerprint density at radius 2 is 2.22 bits per heavy atom. The quantitative estimate of drug-likeness (QED) is 0.314. The molecule has 0 aliphatic carbocycles. The fourth-order valence-electron chi connectivity index (χ4n) is 2.05. The van der Waals surface area contributed by atoms with Crippen molar-refractivity contribution < 1.29 is 58.1 Å². The fourth-order valence-corrected chi connectivity index (χ4v) is 2.42. The van der Waals surface area contributed by atoms with Crippen molar-refractivity contribution in [2.45, 2.75) is 19.0 Å². The molecule has 98 valence electrons. The Kier molecular flexibility index (Phi) is 4.81. The molecular weight excluding hydrogens is 275 g/mol. The minimum atomic E-state index is -4.74. The van der Waals surface area contributed by atoms with Crippen molar-refractivity contribution in [1.82, 2.24) is 9.96 Å². The monoisotopic (exact) mass is 288 g/mol. The molecule has 0 aromatic rings.